The van der Waals surface area contributed by atoms with E-state index in [1.807, 2.05) is 26.8 Å². The fraction of sp³-hybridized carbons (Fsp3) is 0.381. The van der Waals surface area contributed by atoms with Crippen LogP contribution in [0.25, 0.3) is 0 Å². The maximum Gasteiger partial charge on any atom is 0.416 e. The number of carbonyl (C=O) groups excluding carboxylic acids is 1. The number of rotatable bonds is 6. The average Bonchev–Trinajstić information content (AvgIpc) is 2.65. The van der Waals surface area contributed by atoms with Crippen molar-refractivity contribution in [2.45, 2.75) is 53.3 Å². The zero-order valence-corrected chi connectivity index (χ0v) is 16.4. The van der Waals surface area contributed by atoms with Gasteiger partial charge in [0.1, 0.15) is 12.4 Å². The Hall–Kier alpha value is -2.54. The molecule has 2 aromatic carbocycles. The van der Waals surface area contributed by atoms with Crippen LogP contribution in [0.1, 0.15) is 48.1 Å². The lowest BCUT2D eigenvalue weighted by atomic mass is 10.0. The zero-order valence-electron chi connectivity index (χ0n) is 16.4. The lowest BCUT2D eigenvalue weighted by Gasteiger charge is -2.22. The maximum absolute atomic E-state index is 13.5. The molecule has 1 amide bonds. The van der Waals surface area contributed by atoms with Crippen molar-refractivity contribution in [3.05, 3.63) is 58.1 Å². The number of hydroxylamine groups is 1. The number of hydrogen-bond acceptors (Lipinski definition) is 3. The van der Waals surface area contributed by atoms with E-state index < -0.39 is 24.3 Å². The van der Waals surface area contributed by atoms with E-state index in [0.717, 1.165) is 35.2 Å². The predicted octanol–water partition coefficient (Wildman–Crippen LogP) is 5.60. The summed E-state index contributed by atoms with van der Waals surface area (Å²) in [5, 5.41) is 10.3. The minimum Gasteiger partial charge on any atom is -0.489 e. The summed E-state index contributed by atoms with van der Waals surface area (Å²) in [7, 11) is 0. The van der Waals surface area contributed by atoms with E-state index in [4.69, 9.17) is 4.74 Å². The zero-order chi connectivity index (χ0) is 21.1. The van der Waals surface area contributed by atoms with Crippen LogP contribution in [-0.4, -0.2) is 11.1 Å². The normalized spacial score (nSPS) is 11.4. The molecular weight excluding hydrogens is 371 g/mol. The summed E-state index contributed by atoms with van der Waals surface area (Å²) in [6.07, 6.45) is -3.86. The smallest absolute Gasteiger partial charge is 0.416 e. The highest BCUT2D eigenvalue weighted by atomic mass is 19.4. The summed E-state index contributed by atoms with van der Waals surface area (Å²) in [6.45, 7) is 6.83. The molecule has 28 heavy (non-hydrogen) atoms. The highest BCUT2D eigenvalue weighted by Gasteiger charge is 2.35. The molecular formula is C21H24F3NO3. The van der Waals surface area contributed by atoms with E-state index in [1.54, 1.807) is 6.07 Å². The van der Waals surface area contributed by atoms with Crippen molar-refractivity contribution in [3.63, 3.8) is 0 Å². The fourth-order valence-electron chi connectivity index (χ4n) is 3.01. The van der Waals surface area contributed by atoms with Gasteiger partial charge in [-0.25, -0.2) is 0 Å². The molecule has 2 rings (SSSR count). The quantitative estimate of drug-likeness (QED) is 0.512. The molecule has 0 bridgehead atoms. The second-order valence-electron chi connectivity index (χ2n) is 6.55. The van der Waals surface area contributed by atoms with Gasteiger partial charge in [-0.3, -0.25) is 10.0 Å². The molecule has 0 unspecified atom stereocenters. The molecule has 0 aromatic heterocycles. The lowest BCUT2D eigenvalue weighted by molar-refractivity contribution is -0.138. The number of amides is 1. The van der Waals surface area contributed by atoms with Crippen LogP contribution in [0.2, 0.25) is 0 Å². The molecule has 0 saturated carbocycles. The van der Waals surface area contributed by atoms with Crippen LogP contribution in [0.5, 0.6) is 5.75 Å². The molecule has 2 aromatic rings. The molecule has 152 valence electrons. The van der Waals surface area contributed by atoms with Crippen LogP contribution >= 0.6 is 0 Å². The Bertz CT molecular complexity index is 863. The Morgan fingerprint density at radius 1 is 1.14 bits per heavy atom. The molecule has 0 aliphatic heterocycles. The van der Waals surface area contributed by atoms with E-state index in [-0.39, 0.29) is 22.7 Å². The molecule has 0 fully saturated rings. The summed E-state index contributed by atoms with van der Waals surface area (Å²) in [5.74, 6) is -0.246. The van der Waals surface area contributed by atoms with Crippen molar-refractivity contribution < 1.29 is 27.9 Å². The van der Waals surface area contributed by atoms with E-state index in [0.29, 0.717) is 5.75 Å². The summed E-state index contributed by atoms with van der Waals surface area (Å²) in [6, 6.07) is 7.06. The van der Waals surface area contributed by atoms with Gasteiger partial charge in [-0.05, 0) is 55.2 Å². The van der Waals surface area contributed by atoms with Gasteiger partial charge in [-0.2, -0.15) is 18.2 Å². The second kappa shape index (κ2) is 8.65. The number of ether oxygens (including phenoxy) is 1. The van der Waals surface area contributed by atoms with Crippen molar-refractivity contribution in [1.82, 2.24) is 0 Å². The summed E-state index contributed by atoms with van der Waals surface area (Å²) >= 11 is 0. The minimum atomic E-state index is -4.65. The Labute approximate surface area is 162 Å². The van der Waals surface area contributed by atoms with Crippen LogP contribution < -0.4 is 9.80 Å². The van der Waals surface area contributed by atoms with Gasteiger partial charge < -0.3 is 4.74 Å². The molecule has 0 saturated heterocycles. The first-order valence-corrected chi connectivity index (χ1v) is 9.03. The molecule has 0 aliphatic rings. The summed E-state index contributed by atoms with van der Waals surface area (Å²) < 4.78 is 46.2. The summed E-state index contributed by atoms with van der Waals surface area (Å²) in [5.41, 5.74) is 1.44. The number of anilines is 1. The van der Waals surface area contributed by atoms with Crippen molar-refractivity contribution >= 4 is 11.6 Å². The van der Waals surface area contributed by atoms with E-state index in [1.165, 1.54) is 13.0 Å². The van der Waals surface area contributed by atoms with Gasteiger partial charge in [0, 0.05) is 12.0 Å². The van der Waals surface area contributed by atoms with Gasteiger partial charge in [0.25, 0.3) is 0 Å². The van der Waals surface area contributed by atoms with Crippen LogP contribution in [0.3, 0.4) is 0 Å². The van der Waals surface area contributed by atoms with Crippen molar-refractivity contribution in [1.29, 1.82) is 0 Å². The maximum atomic E-state index is 13.5. The molecule has 0 spiro atoms. The molecule has 0 radical (unpaired) electrons. The van der Waals surface area contributed by atoms with E-state index >= 15 is 0 Å². The molecule has 0 heterocycles. The Balaban J connectivity index is 2.46. The van der Waals surface area contributed by atoms with Crippen LogP contribution in [0.4, 0.5) is 18.9 Å². The van der Waals surface area contributed by atoms with Crippen molar-refractivity contribution in [2.24, 2.45) is 0 Å². The SMILES string of the molecule is CCC(=O)N(O)c1cccc(C(F)(F)F)c1COc1cc(C)c(CC)cc1C. The van der Waals surface area contributed by atoms with Gasteiger partial charge in [-0.1, -0.05) is 26.0 Å². The highest BCUT2D eigenvalue weighted by Crippen LogP contribution is 2.37. The topological polar surface area (TPSA) is 49.8 Å². The van der Waals surface area contributed by atoms with E-state index in [2.05, 4.69) is 0 Å². The van der Waals surface area contributed by atoms with Crippen molar-refractivity contribution in [2.75, 3.05) is 5.06 Å². The van der Waals surface area contributed by atoms with Gasteiger partial charge in [-0.15, -0.1) is 0 Å². The highest BCUT2D eigenvalue weighted by molar-refractivity contribution is 5.91. The van der Waals surface area contributed by atoms with Crippen LogP contribution in [-0.2, 0) is 24.0 Å². The second-order valence-corrected chi connectivity index (χ2v) is 6.55. The molecule has 4 nitrogen and oxygen atoms in total. The fourth-order valence-corrected chi connectivity index (χ4v) is 3.01. The van der Waals surface area contributed by atoms with Gasteiger partial charge >= 0.3 is 6.18 Å². The number of halogens is 3. The number of carbonyl (C=O) groups is 1. The van der Waals surface area contributed by atoms with E-state index in [9.17, 15) is 23.2 Å². The summed E-state index contributed by atoms with van der Waals surface area (Å²) in [4.78, 5) is 11.8. The molecule has 1 N–H and O–H groups in total. The van der Waals surface area contributed by atoms with Crippen LogP contribution in [0, 0.1) is 13.8 Å². The molecule has 7 heteroatoms. The standard InChI is InChI=1S/C21H24F3NO3/c1-5-15-10-14(4)19(11-13(15)3)28-12-16-17(21(22,23)24)8-7-9-18(16)25(27)20(26)6-2/h7-11,27H,5-6,12H2,1-4H3. The average molecular weight is 395 g/mol. The lowest BCUT2D eigenvalue weighted by Crippen LogP contribution is -2.28. The van der Waals surface area contributed by atoms with Gasteiger partial charge in [0.05, 0.1) is 11.3 Å². The molecule has 0 atom stereocenters. The Kier molecular flexibility index (Phi) is 6.72. The molecule has 0 aliphatic carbocycles. The first kappa shape index (κ1) is 21.8. The number of nitrogens with zero attached hydrogens (tertiary/aromatic N) is 1. The number of alkyl halides is 3. The monoisotopic (exact) mass is 395 g/mol. The predicted molar refractivity (Wildman–Crippen MR) is 101 cm³/mol. The first-order chi connectivity index (χ1) is 13.1. The third-order valence-corrected chi connectivity index (χ3v) is 4.61. The van der Waals surface area contributed by atoms with Crippen LogP contribution in [0.15, 0.2) is 30.3 Å². The number of hydrogen-bond donors (Lipinski definition) is 1. The Morgan fingerprint density at radius 2 is 1.82 bits per heavy atom. The number of aryl methyl sites for hydroxylation is 3. The van der Waals surface area contributed by atoms with Crippen molar-refractivity contribution in [3.8, 4) is 5.75 Å². The largest absolute Gasteiger partial charge is 0.489 e. The third-order valence-electron chi connectivity index (χ3n) is 4.61. The van der Waals surface area contributed by atoms with Gasteiger partial charge in [0.2, 0.25) is 5.91 Å². The minimum absolute atomic E-state index is 0.0518. The first-order valence-electron chi connectivity index (χ1n) is 9.03. The van der Waals surface area contributed by atoms with Gasteiger partial charge in [0.15, 0.2) is 0 Å². The Morgan fingerprint density at radius 3 is 2.39 bits per heavy atom. The number of benzene rings is 2. The third kappa shape index (κ3) is 4.65.